The van der Waals surface area contributed by atoms with Crippen LogP contribution in [0.15, 0.2) is 60.7 Å². The van der Waals surface area contributed by atoms with Crippen LogP contribution >= 0.6 is 0 Å². The number of hydrogen-bond acceptors (Lipinski definition) is 6. The predicted octanol–water partition coefficient (Wildman–Crippen LogP) is 4.96. The summed E-state index contributed by atoms with van der Waals surface area (Å²) < 4.78 is 41.8. The molecule has 1 saturated heterocycles. The second-order valence-corrected chi connectivity index (χ2v) is 8.75. The van der Waals surface area contributed by atoms with Gasteiger partial charge in [0.25, 0.3) is 5.91 Å². The molecule has 2 aromatic carbocycles. The summed E-state index contributed by atoms with van der Waals surface area (Å²) in [6.45, 7) is 5.69. The SMILES string of the molecule is Cc1ccc(N2C(=O)C(=O)C(C(=O)c3ccc(C(C)C)cc3)C2c2ccc(OC(F)(F)F)cc2)nn1. The number of halogens is 3. The van der Waals surface area contributed by atoms with Crippen LogP contribution in [0.5, 0.6) is 5.75 Å². The van der Waals surface area contributed by atoms with E-state index < -0.39 is 41.5 Å². The number of anilines is 1. The number of ether oxygens (including phenoxy) is 1. The minimum absolute atomic E-state index is 0.0463. The van der Waals surface area contributed by atoms with Crippen molar-refractivity contribution in [1.82, 2.24) is 10.2 Å². The summed E-state index contributed by atoms with van der Waals surface area (Å²) in [4.78, 5) is 40.9. The number of nitrogens with zero attached hydrogens (tertiary/aromatic N) is 3. The third kappa shape index (κ3) is 4.98. The maximum Gasteiger partial charge on any atom is 0.573 e. The molecular formula is C26H22F3N3O4. The number of amides is 1. The van der Waals surface area contributed by atoms with Crippen LogP contribution in [0.25, 0.3) is 0 Å². The summed E-state index contributed by atoms with van der Waals surface area (Å²) in [6.07, 6.45) is -4.88. The molecule has 0 aliphatic carbocycles. The van der Waals surface area contributed by atoms with Crippen molar-refractivity contribution >= 4 is 23.3 Å². The largest absolute Gasteiger partial charge is 0.573 e. The lowest BCUT2D eigenvalue weighted by molar-refractivity contribution is -0.274. The molecule has 4 rings (SSSR count). The molecule has 36 heavy (non-hydrogen) atoms. The van der Waals surface area contributed by atoms with E-state index in [0.29, 0.717) is 5.69 Å². The minimum atomic E-state index is -4.88. The van der Waals surface area contributed by atoms with Crippen molar-refractivity contribution < 1.29 is 32.3 Å². The Balaban J connectivity index is 1.78. The Bertz CT molecular complexity index is 1290. The smallest absolute Gasteiger partial charge is 0.406 e. The van der Waals surface area contributed by atoms with Crippen LogP contribution < -0.4 is 9.64 Å². The highest BCUT2D eigenvalue weighted by molar-refractivity contribution is 6.48. The highest BCUT2D eigenvalue weighted by Gasteiger charge is 2.53. The van der Waals surface area contributed by atoms with Gasteiger partial charge in [0.1, 0.15) is 11.7 Å². The predicted molar refractivity (Wildman–Crippen MR) is 123 cm³/mol. The van der Waals surface area contributed by atoms with Crippen LogP contribution in [0.3, 0.4) is 0 Å². The second kappa shape index (κ2) is 9.52. The molecule has 0 spiro atoms. The molecule has 2 unspecified atom stereocenters. The van der Waals surface area contributed by atoms with Gasteiger partial charge in [-0.2, -0.15) is 5.10 Å². The molecule has 3 aromatic rings. The van der Waals surface area contributed by atoms with Gasteiger partial charge in [-0.1, -0.05) is 50.2 Å². The zero-order valence-corrected chi connectivity index (χ0v) is 19.6. The lowest BCUT2D eigenvalue weighted by Crippen LogP contribution is -2.31. The van der Waals surface area contributed by atoms with Gasteiger partial charge in [-0.3, -0.25) is 19.3 Å². The summed E-state index contributed by atoms with van der Waals surface area (Å²) in [6, 6.07) is 13.4. The van der Waals surface area contributed by atoms with Gasteiger partial charge in [-0.15, -0.1) is 18.3 Å². The summed E-state index contributed by atoms with van der Waals surface area (Å²) in [7, 11) is 0. The van der Waals surface area contributed by atoms with Crippen molar-refractivity contribution in [3.8, 4) is 5.75 Å². The lowest BCUT2D eigenvalue weighted by Gasteiger charge is -2.26. The molecule has 0 saturated carbocycles. The van der Waals surface area contributed by atoms with E-state index in [-0.39, 0.29) is 22.9 Å². The summed E-state index contributed by atoms with van der Waals surface area (Å²) in [5, 5.41) is 7.94. The summed E-state index contributed by atoms with van der Waals surface area (Å²) in [5.41, 5.74) is 2.07. The zero-order valence-electron chi connectivity index (χ0n) is 19.6. The molecule has 1 aromatic heterocycles. The molecule has 1 aliphatic heterocycles. The fourth-order valence-corrected chi connectivity index (χ4v) is 4.12. The van der Waals surface area contributed by atoms with Crippen LogP contribution in [0.2, 0.25) is 0 Å². The number of benzene rings is 2. The zero-order chi connectivity index (χ0) is 26.2. The first-order valence-corrected chi connectivity index (χ1v) is 11.1. The van der Waals surface area contributed by atoms with Gasteiger partial charge >= 0.3 is 6.36 Å². The number of ketones is 2. The molecule has 10 heteroatoms. The monoisotopic (exact) mass is 497 g/mol. The van der Waals surface area contributed by atoms with Gasteiger partial charge in [0.15, 0.2) is 11.6 Å². The number of Topliss-reactive ketones (excluding diaryl/α,β-unsaturated/α-hetero) is 2. The van der Waals surface area contributed by atoms with Gasteiger partial charge in [0.05, 0.1) is 11.7 Å². The highest BCUT2D eigenvalue weighted by atomic mass is 19.4. The quantitative estimate of drug-likeness (QED) is 0.272. The van der Waals surface area contributed by atoms with Crippen LogP contribution in [-0.2, 0) is 9.59 Å². The molecule has 186 valence electrons. The number of carbonyl (C=O) groups excluding carboxylic acids is 3. The maximum atomic E-state index is 13.5. The molecule has 1 fully saturated rings. The molecular weight excluding hydrogens is 475 g/mol. The average molecular weight is 497 g/mol. The van der Waals surface area contributed by atoms with E-state index in [9.17, 15) is 27.6 Å². The van der Waals surface area contributed by atoms with E-state index in [0.717, 1.165) is 22.6 Å². The van der Waals surface area contributed by atoms with E-state index in [1.165, 1.54) is 18.2 Å². The normalized spacial score (nSPS) is 18.1. The minimum Gasteiger partial charge on any atom is -0.406 e. The molecule has 0 radical (unpaired) electrons. The third-order valence-corrected chi connectivity index (χ3v) is 5.94. The van der Waals surface area contributed by atoms with Crippen molar-refractivity contribution in [2.45, 2.75) is 39.1 Å². The van der Waals surface area contributed by atoms with Crippen LogP contribution in [0, 0.1) is 12.8 Å². The Hall–Kier alpha value is -4.08. The summed E-state index contributed by atoms with van der Waals surface area (Å²) >= 11 is 0. The Labute approximate surface area is 204 Å². The van der Waals surface area contributed by atoms with E-state index in [4.69, 9.17) is 0 Å². The number of aryl methyl sites for hydroxylation is 1. The van der Waals surface area contributed by atoms with Gasteiger partial charge in [0.2, 0.25) is 5.78 Å². The van der Waals surface area contributed by atoms with Gasteiger partial charge in [-0.05, 0) is 48.2 Å². The van der Waals surface area contributed by atoms with Crippen LogP contribution in [0.4, 0.5) is 19.0 Å². The molecule has 1 aliphatic rings. The Kier molecular flexibility index (Phi) is 6.62. The van der Waals surface area contributed by atoms with E-state index in [1.54, 1.807) is 37.3 Å². The van der Waals surface area contributed by atoms with Gasteiger partial charge in [-0.25, -0.2) is 0 Å². The topological polar surface area (TPSA) is 89.5 Å². The van der Waals surface area contributed by atoms with Gasteiger partial charge in [0, 0.05) is 5.56 Å². The molecule has 7 nitrogen and oxygen atoms in total. The molecule has 0 bridgehead atoms. The number of aromatic nitrogens is 2. The van der Waals surface area contributed by atoms with Gasteiger partial charge < -0.3 is 4.74 Å². The fourth-order valence-electron chi connectivity index (χ4n) is 4.12. The average Bonchev–Trinajstić information content (AvgIpc) is 3.09. The third-order valence-electron chi connectivity index (χ3n) is 5.94. The fraction of sp³-hybridized carbons (Fsp3) is 0.269. The first-order chi connectivity index (χ1) is 17.0. The summed E-state index contributed by atoms with van der Waals surface area (Å²) in [5.74, 6) is -4.10. The van der Waals surface area contributed by atoms with Crippen molar-refractivity contribution in [2.75, 3.05) is 4.90 Å². The highest BCUT2D eigenvalue weighted by Crippen LogP contribution is 2.41. The lowest BCUT2D eigenvalue weighted by atomic mass is 9.86. The number of alkyl halides is 3. The van der Waals surface area contributed by atoms with E-state index >= 15 is 0 Å². The first-order valence-electron chi connectivity index (χ1n) is 11.1. The van der Waals surface area contributed by atoms with Crippen LogP contribution in [-0.4, -0.2) is 34.0 Å². The standard InChI is InChI=1S/C26H22F3N3O4/c1-14(2)16-5-7-18(8-6-16)23(33)21-22(17-9-11-19(12-10-17)36-26(27,28)29)32(25(35)24(21)34)20-13-4-15(3)30-31-20/h4-14,21-22H,1-3H3. The Morgan fingerprint density at radius 1 is 0.944 bits per heavy atom. The molecule has 0 N–H and O–H groups in total. The number of carbonyl (C=O) groups is 3. The number of hydrogen-bond donors (Lipinski definition) is 0. The molecule has 1 amide bonds. The van der Waals surface area contributed by atoms with E-state index in [2.05, 4.69) is 14.9 Å². The van der Waals surface area contributed by atoms with Crippen molar-refractivity contribution in [3.63, 3.8) is 0 Å². The van der Waals surface area contributed by atoms with Crippen LogP contribution in [0.1, 0.15) is 53.0 Å². The first kappa shape index (κ1) is 25.0. The van der Waals surface area contributed by atoms with Crippen molar-refractivity contribution in [2.24, 2.45) is 5.92 Å². The van der Waals surface area contributed by atoms with E-state index in [1.807, 2.05) is 13.8 Å². The maximum absolute atomic E-state index is 13.5. The van der Waals surface area contributed by atoms with Crippen molar-refractivity contribution in [1.29, 1.82) is 0 Å². The Morgan fingerprint density at radius 3 is 2.11 bits per heavy atom. The Morgan fingerprint density at radius 2 is 1.58 bits per heavy atom. The second-order valence-electron chi connectivity index (χ2n) is 8.75. The number of rotatable bonds is 6. The molecule has 2 heterocycles. The molecule has 2 atom stereocenters. The van der Waals surface area contributed by atoms with Crippen molar-refractivity contribution in [3.05, 3.63) is 83.0 Å².